The molecule has 122 valence electrons. The Labute approximate surface area is 146 Å². The highest BCUT2D eigenvalue weighted by Gasteiger charge is 2.22. The second-order valence-electron chi connectivity index (χ2n) is 5.37. The van der Waals surface area contributed by atoms with Gasteiger partial charge in [0.05, 0.1) is 5.52 Å². The largest absolute Gasteiger partial charge is 0.339 e. The summed E-state index contributed by atoms with van der Waals surface area (Å²) < 4.78 is 5.44. The molecule has 2 aromatic heterocycles. The zero-order chi connectivity index (χ0) is 14.1. The Hall–Kier alpha value is -1.69. The Morgan fingerprint density at radius 1 is 0.957 bits per heavy atom. The Balaban J connectivity index is 0.000000960. The van der Waals surface area contributed by atoms with Crippen LogP contribution in [0.4, 0.5) is 0 Å². The third-order valence-corrected chi connectivity index (χ3v) is 3.96. The molecular formula is C16H18Cl2N4O. The summed E-state index contributed by atoms with van der Waals surface area (Å²) in [5.41, 5.74) is 1.71. The minimum absolute atomic E-state index is 0. The van der Waals surface area contributed by atoms with Crippen LogP contribution in [-0.4, -0.2) is 28.2 Å². The molecule has 5 nitrogen and oxygen atoms in total. The highest BCUT2D eigenvalue weighted by Crippen LogP contribution is 2.26. The van der Waals surface area contributed by atoms with Crippen LogP contribution in [0.3, 0.4) is 0 Å². The quantitative estimate of drug-likeness (QED) is 0.763. The lowest BCUT2D eigenvalue weighted by Gasteiger charge is -2.18. The van der Waals surface area contributed by atoms with Crippen molar-refractivity contribution in [1.82, 2.24) is 20.4 Å². The molecule has 23 heavy (non-hydrogen) atoms. The van der Waals surface area contributed by atoms with Gasteiger partial charge in [0.2, 0.25) is 11.7 Å². The fourth-order valence-electron chi connectivity index (χ4n) is 2.76. The van der Waals surface area contributed by atoms with Gasteiger partial charge in [-0.15, -0.1) is 24.8 Å². The number of nitrogens with zero attached hydrogens (tertiary/aromatic N) is 3. The van der Waals surface area contributed by atoms with E-state index >= 15 is 0 Å². The van der Waals surface area contributed by atoms with Crippen LogP contribution in [0.2, 0.25) is 0 Å². The molecule has 4 rings (SSSR count). The van der Waals surface area contributed by atoms with E-state index in [4.69, 9.17) is 4.52 Å². The standard InChI is InChI=1S/C16H16N4O.2ClH/c1-2-4-13-11(3-1)5-6-14(18-13)15-19-16(21-20-15)12-7-9-17-10-8-12;;/h1-6,12,17H,7-10H2;2*1H. The molecule has 0 radical (unpaired) electrons. The van der Waals surface area contributed by atoms with E-state index in [1.165, 1.54) is 0 Å². The second-order valence-corrected chi connectivity index (χ2v) is 5.37. The van der Waals surface area contributed by atoms with Gasteiger partial charge in [0.25, 0.3) is 0 Å². The molecule has 0 aliphatic carbocycles. The van der Waals surface area contributed by atoms with Crippen LogP contribution in [0.1, 0.15) is 24.7 Å². The van der Waals surface area contributed by atoms with Gasteiger partial charge in [0.1, 0.15) is 5.69 Å². The van der Waals surface area contributed by atoms with Crippen LogP contribution in [0.25, 0.3) is 22.4 Å². The van der Waals surface area contributed by atoms with Crippen molar-refractivity contribution in [1.29, 1.82) is 0 Å². The number of nitrogens with one attached hydrogen (secondary N) is 1. The summed E-state index contributed by atoms with van der Waals surface area (Å²) in [6.07, 6.45) is 2.10. The molecule has 1 aromatic carbocycles. The first-order valence-electron chi connectivity index (χ1n) is 7.31. The Bertz CT molecular complexity index is 771. The molecule has 0 bridgehead atoms. The van der Waals surface area contributed by atoms with Crippen molar-refractivity contribution in [3.63, 3.8) is 0 Å². The summed E-state index contributed by atoms with van der Waals surface area (Å²) in [7, 11) is 0. The van der Waals surface area contributed by atoms with Gasteiger partial charge in [-0.1, -0.05) is 29.4 Å². The maximum absolute atomic E-state index is 5.44. The van der Waals surface area contributed by atoms with E-state index in [1.807, 2.05) is 36.4 Å². The molecule has 7 heteroatoms. The molecule has 0 unspecified atom stereocenters. The summed E-state index contributed by atoms with van der Waals surface area (Å²) in [4.78, 5) is 9.15. The lowest BCUT2D eigenvalue weighted by Crippen LogP contribution is -2.26. The van der Waals surface area contributed by atoms with Gasteiger partial charge in [0, 0.05) is 11.3 Å². The average molecular weight is 353 g/mol. The van der Waals surface area contributed by atoms with E-state index in [2.05, 4.69) is 20.4 Å². The summed E-state index contributed by atoms with van der Waals surface area (Å²) in [6.45, 7) is 2.02. The lowest BCUT2D eigenvalue weighted by atomic mass is 9.98. The van der Waals surface area contributed by atoms with Crippen molar-refractivity contribution in [2.45, 2.75) is 18.8 Å². The number of rotatable bonds is 2. The molecular weight excluding hydrogens is 335 g/mol. The molecule has 1 aliphatic heterocycles. The van der Waals surface area contributed by atoms with Gasteiger partial charge < -0.3 is 9.84 Å². The van der Waals surface area contributed by atoms with Crippen LogP contribution in [0.5, 0.6) is 0 Å². The smallest absolute Gasteiger partial charge is 0.230 e. The first-order valence-corrected chi connectivity index (χ1v) is 7.31. The van der Waals surface area contributed by atoms with E-state index in [-0.39, 0.29) is 24.8 Å². The summed E-state index contributed by atoms with van der Waals surface area (Å²) in [5.74, 6) is 1.68. The van der Waals surface area contributed by atoms with Gasteiger partial charge in [0.15, 0.2) is 0 Å². The SMILES string of the molecule is Cl.Cl.c1ccc2nc(-c3noc(C4CCNCC4)n3)ccc2c1. The number of pyridine rings is 1. The molecule has 1 fully saturated rings. The minimum atomic E-state index is 0. The Kier molecular flexibility index (Phi) is 5.93. The molecule has 0 amide bonds. The van der Waals surface area contributed by atoms with E-state index < -0.39 is 0 Å². The fourth-order valence-corrected chi connectivity index (χ4v) is 2.76. The predicted molar refractivity (Wildman–Crippen MR) is 94.4 cm³/mol. The fraction of sp³-hybridized carbons (Fsp3) is 0.312. The summed E-state index contributed by atoms with van der Waals surface area (Å²) in [6, 6.07) is 12.0. The van der Waals surface area contributed by atoms with Crippen molar-refractivity contribution in [3.8, 4) is 11.5 Å². The minimum Gasteiger partial charge on any atom is -0.339 e. The summed E-state index contributed by atoms with van der Waals surface area (Å²) in [5, 5.41) is 8.55. The first kappa shape index (κ1) is 17.7. The molecule has 0 atom stereocenters. The summed E-state index contributed by atoms with van der Waals surface area (Å²) >= 11 is 0. The highest BCUT2D eigenvalue weighted by atomic mass is 35.5. The molecule has 1 aliphatic rings. The number of halogens is 2. The Morgan fingerprint density at radius 3 is 2.57 bits per heavy atom. The van der Waals surface area contributed by atoms with Crippen molar-refractivity contribution < 1.29 is 4.52 Å². The number of piperidine rings is 1. The normalized spacial score (nSPS) is 15.0. The van der Waals surface area contributed by atoms with Crippen LogP contribution >= 0.6 is 24.8 Å². The number of hydrogen-bond donors (Lipinski definition) is 1. The lowest BCUT2D eigenvalue weighted by molar-refractivity contribution is 0.320. The molecule has 0 saturated carbocycles. The van der Waals surface area contributed by atoms with Crippen molar-refractivity contribution in [2.24, 2.45) is 0 Å². The number of benzene rings is 1. The number of hydrogen-bond acceptors (Lipinski definition) is 5. The highest BCUT2D eigenvalue weighted by molar-refractivity contribution is 5.85. The molecule has 0 spiro atoms. The molecule has 3 aromatic rings. The number of fused-ring (bicyclic) bond motifs is 1. The van der Waals surface area contributed by atoms with Gasteiger partial charge >= 0.3 is 0 Å². The van der Waals surface area contributed by atoms with Crippen LogP contribution in [0.15, 0.2) is 40.9 Å². The van der Waals surface area contributed by atoms with Crippen LogP contribution in [-0.2, 0) is 0 Å². The van der Waals surface area contributed by atoms with Crippen LogP contribution in [0, 0.1) is 0 Å². The Morgan fingerprint density at radius 2 is 1.74 bits per heavy atom. The van der Waals surface area contributed by atoms with E-state index in [0.717, 1.165) is 48.4 Å². The van der Waals surface area contributed by atoms with E-state index in [1.54, 1.807) is 0 Å². The van der Waals surface area contributed by atoms with Gasteiger partial charge in [-0.25, -0.2) is 4.98 Å². The third kappa shape index (κ3) is 3.63. The molecule has 1 N–H and O–H groups in total. The number of aromatic nitrogens is 3. The topological polar surface area (TPSA) is 63.8 Å². The van der Waals surface area contributed by atoms with Crippen molar-refractivity contribution >= 4 is 35.7 Å². The number of para-hydroxylation sites is 1. The van der Waals surface area contributed by atoms with Crippen molar-refractivity contribution in [2.75, 3.05) is 13.1 Å². The third-order valence-electron chi connectivity index (χ3n) is 3.96. The predicted octanol–water partition coefficient (Wildman–Crippen LogP) is 3.60. The van der Waals surface area contributed by atoms with E-state index in [0.29, 0.717) is 11.7 Å². The van der Waals surface area contributed by atoms with Crippen LogP contribution < -0.4 is 5.32 Å². The van der Waals surface area contributed by atoms with Gasteiger partial charge in [-0.2, -0.15) is 4.98 Å². The maximum Gasteiger partial charge on any atom is 0.230 e. The van der Waals surface area contributed by atoms with Gasteiger partial charge in [-0.05, 0) is 38.1 Å². The maximum atomic E-state index is 5.44. The second kappa shape index (κ2) is 7.73. The average Bonchev–Trinajstić information content (AvgIpc) is 3.05. The molecule has 3 heterocycles. The van der Waals surface area contributed by atoms with E-state index in [9.17, 15) is 0 Å². The molecule has 1 saturated heterocycles. The van der Waals surface area contributed by atoms with Gasteiger partial charge in [-0.3, -0.25) is 0 Å². The van der Waals surface area contributed by atoms with Crippen molar-refractivity contribution in [3.05, 3.63) is 42.3 Å². The zero-order valence-corrected chi connectivity index (χ0v) is 14.1. The zero-order valence-electron chi connectivity index (χ0n) is 12.4. The first-order chi connectivity index (χ1) is 10.4. The monoisotopic (exact) mass is 352 g/mol.